The Labute approximate surface area is 128 Å². The Morgan fingerprint density at radius 3 is 2.33 bits per heavy atom. The molecule has 1 aromatic rings. The van der Waals surface area contributed by atoms with Crippen molar-refractivity contribution in [3.63, 3.8) is 0 Å². The molecule has 1 aliphatic carbocycles. The van der Waals surface area contributed by atoms with Crippen molar-refractivity contribution in [3.8, 4) is 0 Å². The zero-order valence-corrected chi connectivity index (χ0v) is 12.8. The van der Waals surface area contributed by atoms with Gasteiger partial charge in [-0.3, -0.25) is 0 Å². The van der Waals surface area contributed by atoms with Gasteiger partial charge in [0.25, 0.3) is 0 Å². The number of hydrogen-bond donors (Lipinski definition) is 0. The monoisotopic (exact) mass is 286 g/mol. The highest BCUT2D eigenvalue weighted by atomic mass is 16.5. The third kappa shape index (κ3) is 6.16. The smallest absolute Gasteiger partial charge is 0.338 e. The van der Waals surface area contributed by atoms with Crippen molar-refractivity contribution in [1.29, 1.82) is 0 Å². The second-order valence-corrected chi connectivity index (χ2v) is 5.79. The molecule has 21 heavy (non-hydrogen) atoms. The molecule has 0 radical (unpaired) electrons. The summed E-state index contributed by atoms with van der Waals surface area (Å²) in [5, 5.41) is 0. The Hall–Kier alpha value is -1.57. The SMILES string of the molecule is O=C(OC1/C=C\CCCCCCCCC1)c1ccccc1. The minimum absolute atomic E-state index is 0.0721. The first kappa shape index (κ1) is 15.8. The van der Waals surface area contributed by atoms with Crippen molar-refractivity contribution in [2.75, 3.05) is 0 Å². The lowest BCUT2D eigenvalue weighted by Gasteiger charge is -2.15. The Kier molecular flexibility index (Phi) is 7.06. The fraction of sp³-hybridized carbons (Fsp3) is 0.526. The van der Waals surface area contributed by atoms with Gasteiger partial charge >= 0.3 is 5.97 Å². The average molecular weight is 286 g/mol. The summed E-state index contributed by atoms with van der Waals surface area (Å²) in [6, 6.07) is 9.26. The van der Waals surface area contributed by atoms with Gasteiger partial charge < -0.3 is 4.74 Å². The van der Waals surface area contributed by atoms with Crippen molar-refractivity contribution in [3.05, 3.63) is 48.0 Å². The number of allylic oxidation sites excluding steroid dienone is 1. The van der Waals surface area contributed by atoms with E-state index in [4.69, 9.17) is 4.74 Å². The molecule has 0 saturated heterocycles. The van der Waals surface area contributed by atoms with Crippen molar-refractivity contribution < 1.29 is 9.53 Å². The predicted octanol–water partition coefficient (Wildman–Crippen LogP) is 5.29. The first-order chi connectivity index (χ1) is 10.4. The average Bonchev–Trinajstić information content (AvgIpc) is 2.51. The van der Waals surface area contributed by atoms with Crippen LogP contribution < -0.4 is 0 Å². The number of ether oxygens (including phenoxy) is 1. The van der Waals surface area contributed by atoms with Gasteiger partial charge in [0.05, 0.1) is 5.56 Å². The first-order valence-corrected chi connectivity index (χ1v) is 8.29. The Balaban J connectivity index is 1.90. The molecule has 0 fully saturated rings. The van der Waals surface area contributed by atoms with Crippen LogP contribution in [0.4, 0.5) is 0 Å². The van der Waals surface area contributed by atoms with Gasteiger partial charge in [0.2, 0.25) is 0 Å². The lowest BCUT2D eigenvalue weighted by atomic mass is 10.0. The van der Waals surface area contributed by atoms with E-state index in [9.17, 15) is 4.79 Å². The van der Waals surface area contributed by atoms with Crippen LogP contribution >= 0.6 is 0 Å². The highest BCUT2D eigenvalue weighted by molar-refractivity contribution is 5.89. The fourth-order valence-electron chi connectivity index (χ4n) is 2.71. The van der Waals surface area contributed by atoms with Gasteiger partial charge in [0, 0.05) is 0 Å². The maximum absolute atomic E-state index is 12.1. The van der Waals surface area contributed by atoms with Gasteiger partial charge in [0.1, 0.15) is 6.10 Å². The molecule has 1 aliphatic rings. The number of rotatable bonds is 2. The normalized spacial score (nSPS) is 22.6. The highest BCUT2D eigenvalue weighted by Crippen LogP contribution is 2.16. The maximum Gasteiger partial charge on any atom is 0.338 e. The fourth-order valence-corrected chi connectivity index (χ4v) is 2.71. The van der Waals surface area contributed by atoms with Crippen LogP contribution in [0, 0.1) is 0 Å². The summed E-state index contributed by atoms with van der Waals surface area (Å²) in [6.45, 7) is 0. The van der Waals surface area contributed by atoms with E-state index in [0.29, 0.717) is 5.56 Å². The second kappa shape index (κ2) is 9.38. The molecule has 0 saturated carbocycles. The summed E-state index contributed by atoms with van der Waals surface area (Å²) >= 11 is 0. The molecular weight excluding hydrogens is 260 g/mol. The largest absolute Gasteiger partial charge is 0.455 e. The Bertz CT molecular complexity index is 436. The van der Waals surface area contributed by atoms with E-state index in [1.54, 1.807) is 12.1 Å². The van der Waals surface area contributed by atoms with Crippen molar-refractivity contribution in [2.24, 2.45) is 0 Å². The van der Waals surface area contributed by atoms with E-state index in [1.165, 1.54) is 38.5 Å². The summed E-state index contributed by atoms with van der Waals surface area (Å²) < 4.78 is 5.66. The summed E-state index contributed by atoms with van der Waals surface area (Å²) in [5.74, 6) is -0.211. The number of carbonyl (C=O) groups excluding carboxylic acids is 1. The van der Waals surface area contributed by atoms with E-state index in [1.807, 2.05) is 18.2 Å². The summed E-state index contributed by atoms with van der Waals surface area (Å²) in [5.41, 5.74) is 0.636. The van der Waals surface area contributed by atoms with Crippen LogP contribution in [0.15, 0.2) is 42.5 Å². The lowest BCUT2D eigenvalue weighted by molar-refractivity contribution is 0.0375. The zero-order chi connectivity index (χ0) is 14.8. The summed E-state index contributed by atoms with van der Waals surface area (Å²) in [7, 11) is 0. The molecule has 0 aliphatic heterocycles. The van der Waals surface area contributed by atoms with Crippen LogP contribution in [0.3, 0.4) is 0 Å². The summed E-state index contributed by atoms with van der Waals surface area (Å²) in [6.07, 6.45) is 15.2. The van der Waals surface area contributed by atoms with Crippen LogP contribution in [0.25, 0.3) is 0 Å². The van der Waals surface area contributed by atoms with Gasteiger partial charge in [-0.25, -0.2) is 4.79 Å². The third-order valence-electron chi connectivity index (χ3n) is 3.98. The number of benzene rings is 1. The molecule has 0 amide bonds. The van der Waals surface area contributed by atoms with Gasteiger partial charge in [0.15, 0.2) is 0 Å². The molecule has 2 heteroatoms. The van der Waals surface area contributed by atoms with Gasteiger partial charge in [-0.05, 0) is 43.9 Å². The van der Waals surface area contributed by atoms with Crippen molar-refractivity contribution >= 4 is 5.97 Å². The third-order valence-corrected chi connectivity index (χ3v) is 3.98. The molecule has 0 aromatic heterocycles. The second-order valence-electron chi connectivity index (χ2n) is 5.79. The summed E-state index contributed by atoms with van der Waals surface area (Å²) in [4.78, 5) is 12.1. The first-order valence-electron chi connectivity index (χ1n) is 8.29. The Morgan fingerprint density at radius 2 is 1.57 bits per heavy atom. The molecule has 114 valence electrons. The zero-order valence-electron chi connectivity index (χ0n) is 12.8. The topological polar surface area (TPSA) is 26.3 Å². The molecule has 2 rings (SSSR count). The molecular formula is C19H26O2. The highest BCUT2D eigenvalue weighted by Gasteiger charge is 2.13. The minimum Gasteiger partial charge on any atom is -0.455 e. The molecule has 2 nitrogen and oxygen atoms in total. The van der Waals surface area contributed by atoms with Crippen molar-refractivity contribution in [2.45, 2.75) is 63.9 Å². The standard InChI is InChI=1S/C19H26O2/c20-19(17-13-9-8-10-14-17)21-18-15-11-6-4-2-1-3-5-7-12-16-18/h8-11,13-15,18H,1-7,12,16H2/b15-11-. The van der Waals surface area contributed by atoms with Gasteiger partial charge in [-0.2, -0.15) is 0 Å². The van der Waals surface area contributed by atoms with Crippen LogP contribution in [-0.4, -0.2) is 12.1 Å². The molecule has 0 heterocycles. The molecule has 1 unspecified atom stereocenters. The van der Waals surface area contributed by atoms with Crippen molar-refractivity contribution in [1.82, 2.24) is 0 Å². The number of esters is 1. The van der Waals surface area contributed by atoms with Crippen LogP contribution in [0.5, 0.6) is 0 Å². The van der Waals surface area contributed by atoms with Gasteiger partial charge in [-0.15, -0.1) is 0 Å². The van der Waals surface area contributed by atoms with E-state index in [2.05, 4.69) is 12.2 Å². The van der Waals surface area contributed by atoms with E-state index in [-0.39, 0.29) is 12.1 Å². The quantitative estimate of drug-likeness (QED) is 0.545. The molecule has 0 N–H and O–H groups in total. The van der Waals surface area contributed by atoms with Crippen LogP contribution in [-0.2, 0) is 4.74 Å². The predicted molar refractivity (Wildman–Crippen MR) is 86.3 cm³/mol. The molecule has 1 atom stereocenters. The van der Waals surface area contributed by atoms with Crippen LogP contribution in [0.2, 0.25) is 0 Å². The van der Waals surface area contributed by atoms with E-state index >= 15 is 0 Å². The van der Waals surface area contributed by atoms with E-state index in [0.717, 1.165) is 19.3 Å². The molecule has 0 spiro atoms. The van der Waals surface area contributed by atoms with E-state index < -0.39 is 0 Å². The maximum atomic E-state index is 12.1. The number of hydrogen-bond acceptors (Lipinski definition) is 2. The number of carbonyl (C=O) groups is 1. The van der Waals surface area contributed by atoms with Gasteiger partial charge in [-0.1, -0.05) is 56.4 Å². The van der Waals surface area contributed by atoms with Crippen LogP contribution in [0.1, 0.15) is 68.1 Å². The minimum atomic E-state index is -0.211. The Morgan fingerprint density at radius 1 is 0.905 bits per heavy atom. The molecule has 0 bridgehead atoms. The molecule has 1 aromatic carbocycles. The lowest BCUT2D eigenvalue weighted by Crippen LogP contribution is -2.16.